The zero-order chi connectivity index (χ0) is 24.2. The molecular weight excluding hydrogens is 481 g/mol. The van der Waals surface area contributed by atoms with Crippen LogP contribution in [0.15, 0.2) is 42.5 Å². The minimum atomic E-state index is -4.53. The highest BCUT2D eigenvalue weighted by Gasteiger charge is 2.50. The molecule has 1 aliphatic rings. The third-order valence-electron chi connectivity index (χ3n) is 4.85. The molecule has 33 heavy (non-hydrogen) atoms. The van der Waals surface area contributed by atoms with Crippen molar-refractivity contribution in [1.82, 2.24) is 0 Å². The molecule has 3 rings (SSSR count). The third-order valence-corrected chi connectivity index (χ3v) is 6.17. The van der Waals surface area contributed by atoms with Crippen LogP contribution in [0.3, 0.4) is 0 Å². The van der Waals surface area contributed by atoms with Gasteiger partial charge in [-0.05, 0) is 35.4 Å². The number of nitrogens with zero attached hydrogens (tertiary/aromatic N) is 1. The number of phosphoric acid groups is 1. The lowest BCUT2D eigenvalue weighted by molar-refractivity contribution is -0.275. The van der Waals surface area contributed by atoms with Gasteiger partial charge >= 0.3 is 7.82 Å². The van der Waals surface area contributed by atoms with Crippen molar-refractivity contribution in [2.24, 2.45) is 11.8 Å². The lowest BCUT2D eigenvalue weighted by Gasteiger charge is -2.41. The summed E-state index contributed by atoms with van der Waals surface area (Å²) < 4.78 is 36.3. The van der Waals surface area contributed by atoms with E-state index in [1.807, 2.05) is 6.07 Å². The maximum atomic E-state index is 12.1. The molecule has 0 unspecified atom stereocenters. The normalized spacial score (nSPS) is 25.4. The van der Waals surface area contributed by atoms with Crippen LogP contribution in [0.25, 0.3) is 11.1 Å². The Morgan fingerprint density at radius 1 is 1.09 bits per heavy atom. The first-order valence-corrected chi connectivity index (χ1v) is 11.2. The number of halogens is 1. The average Bonchev–Trinajstić information content (AvgIpc) is 2.84. The molecule has 1 aliphatic heterocycles. The lowest BCUT2D eigenvalue weighted by Crippen LogP contribution is -2.60. The molecule has 0 aromatic heterocycles. The summed E-state index contributed by atoms with van der Waals surface area (Å²) in [7, 11) is -4.53. The number of aliphatic hydroxyl groups is 3. The van der Waals surface area contributed by atoms with Gasteiger partial charge in [0.25, 0.3) is 0 Å². The van der Waals surface area contributed by atoms with Crippen molar-refractivity contribution >= 4 is 19.4 Å². The van der Waals surface area contributed by atoms with Crippen LogP contribution in [-0.4, -0.2) is 52.6 Å². The number of benzene rings is 2. The maximum Gasteiger partial charge on any atom is 0.508 e. The molecule has 1 heterocycles. The Balaban J connectivity index is 1.82. The fourth-order valence-corrected chi connectivity index (χ4v) is 4.06. The molecule has 0 radical (unpaired) electrons. The number of hydrogen-bond donors (Lipinski definition) is 5. The SMILES string of the molecule is N#Cc1ccc(-c2ccc(O[C@H]3O[C@H](CO)[C@@H](O)[C@H](OP(=O)(ON)ON)[C@@H]3O)c(Cl)c2)cc1. The van der Waals surface area contributed by atoms with Gasteiger partial charge in [0.1, 0.15) is 30.2 Å². The molecule has 178 valence electrons. The van der Waals surface area contributed by atoms with Crippen molar-refractivity contribution in [3.05, 3.63) is 53.1 Å². The molecule has 0 amide bonds. The van der Waals surface area contributed by atoms with Crippen LogP contribution in [0.5, 0.6) is 5.75 Å². The van der Waals surface area contributed by atoms with Crippen LogP contribution in [0.1, 0.15) is 5.56 Å². The highest BCUT2D eigenvalue weighted by Crippen LogP contribution is 2.49. The fourth-order valence-electron chi connectivity index (χ4n) is 3.14. The van der Waals surface area contributed by atoms with Crippen LogP contribution >= 0.6 is 19.4 Å². The summed E-state index contributed by atoms with van der Waals surface area (Å²) in [6.07, 6.45) is -7.93. The quantitative estimate of drug-likeness (QED) is 0.254. The monoisotopic (exact) mass is 501 g/mol. The molecule has 2 aromatic rings. The van der Waals surface area contributed by atoms with Gasteiger partial charge in [0.05, 0.1) is 23.3 Å². The highest BCUT2D eigenvalue weighted by atomic mass is 35.5. The number of aliphatic hydroxyl groups excluding tert-OH is 3. The van der Waals surface area contributed by atoms with E-state index in [1.54, 1.807) is 36.4 Å². The number of nitrogens with two attached hydrogens (primary N) is 2. The fraction of sp³-hybridized carbons (Fsp3) is 0.316. The smallest absolute Gasteiger partial charge is 0.460 e. The molecule has 14 heteroatoms. The summed E-state index contributed by atoms with van der Waals surface area (Å²) in [5.74, 6) is 9.79. The van der Waals surface area contributed by atoms with Crippen molar-refractivity contribution in [3.8, 4) is 22.9 Å². The maximum absolute atomic E-state index is 12.1. The average molecular weight is 502 g/mol. The second-order valence-corrected chi connectivity index (χ2v) is 8.82. The predicted molar refractivity (Wildman–Crippen MR) is 113 cm³/mol. The third kappa shape index (κ3) is 5.70. The van der Waals surface area contributed by atoms with Gasteiger partial charge in [-0.15, -0.1) is 0 Å². The van der Waals surface area contributed by atoms with Crippen molar-refractivity contribution in [2.75, 3.05) is 6.61 Å². The van der Waals surface area contributed by atoms with Gasteiger partial charge in [-0.3, -0.25) is 4.52 Å². The zero-order valence-corrected chi connectivity index (χ0v) is 18.5. The Kier molecular flexibility index (Phi) is 8.41. The van der Waals surface area contributed by atoms with E-state index in [1.165, 1.54) is 6.07 Å². The molecule has 0 spiro atoms. The molecule has 2 aromatic carbocycles. The second kappa shape index (κ2) is 10.9. The molecule has 0 saturated carbocycles. The second-order valence-electron chi connectivity index (χ2n) is 6.89. The van der Waals surface area contributed by atoms with Crippen LogP contribution < -0.4 is 16.5 Å². The molecule has 1 saturated heterocycles. The van der Waals surface area contributed by atoms with Gasteiger partial charge in [-0.1, -0.05) is 29.8 Å². The number of nitriles is 1. The Morgan fingerprint density at radius 2 is 1.73 bits per heavy atom. The van der Waals surface area contributed by atoms with Crippen molar-refractivity contribution in [1.29, 1.82) is 5.26 Å². The van der Waals surface area contributed by atoms with E-state index in [0.29, 0.717) is 5.56 Å². The van der Waals surface area contributed by atoms with E-state index < -0.39 is 45.1 Å². The number of hydrogen-bond acceptors (Lipinski definition) is 12. The predicted octanol–water partition coefficient (Wildman–Crippen LogP) is 0.970. The summed E-state index contributed by atoms with van der Waals surface area (Å²) in [5.41, 5.74) is 2.04. The van der Waals surface area contributed by atoms with E-state index in [9.17, 15) is 19.9 Å². The molecule has 1 fully saturated rings. The minimum absolute atomic E-state index is 0.0956. The highest BCUT2D eigenvalue weighted by molar-refractivity contribution is 7.48. The largest absolute Gasteiger partial charge is 0.508 e. The summed E-state index contributed by atoms with van der Waals surface area (Å²) in [4.78, 5) is 0. The topological polar surface area (TPSA) is 200 Å². The van der Waals surface area contributed by atoms with Gasteiger partial charge in [0.2, 0.25) is 6.29 Å². The zero-order valence-electron chi connectivity index (χ0n) is 16.9. The Hall–Kier alpha value is -2.11. The summed E-state index contributed by atoms with van der Waals surface area (Å²) in [6, 6.07) is 13.7. The van der Waals surface area contributed by atoms with Gasteiger partial charge in [0, 0.05) is 0 Å². The van der Waals surface area contributed by atoms with E-state index in [4.69, 9.17) is 42.7 Å². The first kappa shape index (κ1) is 25.5. The lowest BCUT2D eigenvalue weighted by atomic mass is 9.99. The Labute approximate surface area is 193 Å². The van der Waals surface area contributed by atoms with E-state index in [2.05, 4.69) is 9.25 Å². The molecule has 5 atom stereocenters. The van der Waals surface area contributed by atoms with Crippen molar-refractivity contribution < 1.29 is 43.1 Å². The van der Waals surface area contributed by atoms with Crippen molar-refractivity contribution in [2.45, 2.75) is 30.7 Å². The number of rotatable bonds is 8. The molecule has 12 nitrogen and oxygen atoms in total. The van der Waals surface area contributed by atoms with Gasteiger partial charge in [-0.2, -0.15) is 14.5 Å². The van der Waals surface area contributed by atoms with E-state index in [0.717, 1.165) is 11.1 Å². The molecule has 7 N–H and O–H groups in total. The summed E-state index contributed by atoms with van der Waals surface area (Å²) in [5, 5.41) is 39.5. The number of ether oxygens (including phenoxy) is 2. The van der Waals surface area contributed by atoms with Gasteiger partial charge < -0.3 is 24.8 Å². The van der Waals surface area contributed by atoms with Crippen LogP contribution in [0.4, 0.5) is 0 Å². The minimum Gasteiger partial charge on any atom is -0.460 e. The summed E-state index contributed by atoms with van der Waals surface area (Å²) in [6.45, 7) is -0.698. The van der Waals surface area contributed by atoms with Gasteiger partial charge in [-0.25, -0.2) is 16.4 Å². The van der Waals surface area contributed by atoms with Crippen molar-refractivity contribution in [3.63, 3.8) is 0 Å². The van der Waals surface area contributed by atoms with Crippen LogP contribution in [-0.2, 0) is 23.1 Å². The molecular formula is C19H21ClN3O9P. The molecule has 0 bridgehead atoms. The van der Waals surface area contributed by atoms with E-state index in [-0.39, 0.29) is 10.8 Å². The van der Waals surface area contributed by atoms with Gasteiger partial charge in [0.15, 0.2) is 0 Å². The first-order valence-electron chi connectivity index (χ1n) is 9.39. The molecule has 0 aliphatic carbocycles. The Morgan fingerprint density at radius 3 is 2.27 bits per heavy atom. The van der Waals surface area contributed by atoms with E-state index >= 15 is 0 Å². The first-order chi connectivity index (χ1) is 15.7. The summed E-state index contributed by atoms with van der Waals surface area (Å²) >= 11 is 6.33. The standard InChI is InChI=1S/C19H21ClN3O9P/c20-13-7-12(11-3-1-10(8-21)2-4-11)5-6-14(13)28-19-17(26)18(16(25)15(9-24)29-19)30-33(27,31-22)32-23/h1-7,15-19,24-26H,9,22-23H2/t15-,16-,17+,18+,19+/m1/s1. The Bertz CT molecular complexity index is 1040. The van der Waals surface area contributed by atoms with Crippen LogP contribution in [0, 0.1) is 11.3 Å². The van der Waals surface area contributed by atoms with Crippen LogP contribution in [0.2, 0.25) is 5.02 Å².